The topological polar surface area (TPSA) is 0 Å². The van der Waals surface area contributed by atoms with Crippen molar-refractivity contribution in [1.82, 2.24) is 0 Å². The molecule has 0 radical (unpaired) electrons. The predicted molar refractivity (Wildman–Crippen MR) is 195 cm³/mol. The van der Waals surface area contributed by atoms with Crippen molar-refractivity contribution in [3.05, 3.63) is 142 Å². The molecule has 214 valence electrons. The fourth-order valence-electron chi connectivity index (χ4n) is 7.87. The van der Waals surface area contributed by atoms with Gasteiger partial charge < -0.3 is 0 Å². The van der Waals surface area contributed by atoms with Gasteiger partial charge in [0.25, 0.3) is 0 Å². The summed E-state index contributed by atoms with van der Waals surface area (Å²) in [5.74, 6) is 0. The van der Waals surface area contributed by atoms with Crippen LogP contribution in [0.1, 0.15) is 31.2 Å². The Hall–Kier alpha value is -5.20. The van der Waals surface area contributed by atoms with Gasteiger partial charge in [-0.2, -0.15) is 0 Å². The lowest BCUT2D eigenvalue weighted by atomic mass is 9.85. The number of rotatable bonds is 3. The van der Waals surface area contributed by atoms with Crippen LogP contribution in [-0.2, 0) is 0 Å². The lowest BCUT2D eigenvalue weighted by Gasteiger charge is -2.19. The van der Waals surface area contributed by atoms with Crippen molar-refractivity contribution in [1.29, 1.82) is 0 Å². The van der Waals surface area contributed by atoms with E-state index >= 15 is 0 Å². The van der Waals surface area contributed by atoms with Crippen LogP contribution in [0.2, 0.25) is 0 Å². The van der Waals surface area contributed by atoms with Gasteiger partial charge in [0.2, 0.25) is 0 Å². The van der Waals surface area contributed by atoms with E-state index < -0.39 is 0 Å². The highest BCUT2D eigenvalue weighted by atomic mass is 14.2. The lowest BCUT2D eigenvalue weighted by Crippen LogP contribution is -2.34. The van der Waals surface area contributed by atoms with Gasteiger partial charge in [-0.15, -0.1) is 0 Å². The summed E-state index contributed by atoms with van der Waals surface area (Å²) in [4.78, 5) is 0. The number of aryl methyl sites for hydroxylation is 1. The van der Waals surface area contributed by atoms with Gasteiger partial charge >= 0.3 is 0 Å². The minimum atomic E-state index is 1.08. The van der Waals surface area contributed by atoms with Crippen molar-refractivity contribution in [2.45, 2.75) is 32.6 Å². The van der Waals surface area contributed by atoms with Crippen LogP contribution < -0.4 is 20.9 Å². The van der Waals surface area contributed by atoms with Crippen molar-refractivity contribution in [3.8, 4) is 33.4 Å². The van der Waals surface area contributed by atoms with Crippen molar-refractivity contribution < 1.29 is 0 Å². The van der Waals surface area contributed by atoms with Gasteiger partial charge in [-0.1, -0.05) is 133 Å². The quantitative estimate of drug-likeness (QED) is 0.185. The minimum Gasteiger partial charge on any atom is -0.0763 e. The second-order valence-electron chi connectivity index (χ2n) is 12.7. The molecule has 0 fully saturated rings. The molecule has 0 unspecified atom stereocenters. The summed E-state index contributed by atoms with van der Waals surface area (Å²) < 4.78 is 0. The van der Waals surface area contributed by atoms with Crippen LogP contribution >= 0.6 is 0 Å². The van der Waals surface area contributed by atoms with Gasteiger partial charge in [0.05, 0.1) is 0 Å². The standard InChI is InChI=1S/C45H34/c1-29-21-23-31(24-22-29)44-38-16-6-8-18-40(38)45(41-19-9-7-17-39(41)44)33-26-25-32-27-43(37-15-5-4-14-36(37)42(32)28-33)35-20-10-12-30-11-2-3-13-34(30)35/h6-28H,2-5H2,1H3. The number of hydrogen-bond donors (Lipinski definition) is 0. The van der Waals surface area contributed by atoms with Crippen molar-refractivity contribution in [3.63, 3.8) is 0 Å². The summed E-state index contributed by atoms with van der Waals surface area (Å²) in [5.41, 5.74) is 9.19. The molecule has 9 rings (SSSR count). The molecule has 0 saturated carbocycles. The summed E-state index contributed by atoms with van der Waals surface area (Å²) in [7, 11) is 0. The summed E-state index contributed by atoms with van der Waals surface area (Å²) >= 11 is 0. The molecule has 0 aliphatic heterocycles. The van der Waals surface area contributed by atoms with E-state index in [4.69, 9.17) is 0 Å². The molecule has 2 aliphatic carbocycles. The molecule has 0 aromatic heterocycles. The zero-order chi connectivity index (χ0) is 29.9. The van der Waals surface area contributed by atoms with Gasteiger partial charge in [0.15, 0.2) is 0 Å². The molecule has 0 N–H and O–H groups in total. The molecule has 7 aromatic carbocycles. The average Bonchev–Trinajstić information content (AvgIpc) is 3.10. The van der Waals surface area contributed by atoms with Gasteiger partial charge in [-0.05, 0) is 131 Å². The molecule has 7 aromatic rings. The monoisotopic (exact) mass is 574 g/mol. The van der Waals surface area contributed by atoms with Gasteiger partial charge in [-0.25, -0.2) is 0 Å². The van der Waals surface area contributed by atoms with Crippen LogP contribution in [0.15, 0.2) is 115 Å². The van der Waals surface area contributed by atoms with E-state index in [1.807, 2.05) is 0 Å². The Labute approximate surface area is 263 Å². The fraction of sp³-hybridized carbons (Fsp3) is 0.111. The molecule has 45 heavy (non-hydrogen) atoms. The summed E-state index contributed by atoms with van der Waals surface area (Å²) in [6.45, 7) is 2.16. The second kappa shape index (κ2) is 10.5. The first-order chi connectivity index (χ1) is 22.2. The molecular weight excluding hydrogens is 540 g/mol. The van der Waals surface area contributed by atoms with E-state index in [1.54, 1.807) is 0 Å². The SMILES string of the molecule is Cc1ccc(-c2c3ccccc3c(-c3ccc4cc(-c5cccc6c5=CCCC=6)c5c(c4c3)=CCCC=5)c3ccccc23)cc1. The highest BCUT2D eigenvalue weighted by molar-refractivity contribution is 6.21. The first kappa shape index (κ1) is 26.2. The lowest BCUT2D eigenvalue weighted by molar-refractivity contribution is 1.11. The maximum atomic E-state index is 2.48. The molecule has 0 heteroatoms. The second-order valence-corrected chi connectivity index (χ2v) is 12.7. The smallest absolute Gasteiger partial charge is 0.00261 e. The van der Waals surface area contributed by atoms with Crippen molar-refractivity contribution >= 4 is 56.6 Å². The van der Waals surface area contributed by atoms with Gasteiger partial charge in [0, 0.05) is 0 Å². The molecule has 0 amide bonds. The molecular formula is C45H34. The van der Waals surface area contributed by atoms with E-state index in [9.17, 15) is 0 Å². The van der Waals surface area contributed by atoms with Crippen molar-refractivity contribution in [2.24, 2.45) is 0 Å². The van der Waals surface area contributed by atoms with E-state index in [1.165, 1.54) is 92.1 Å². The van der Waals surface area contributed by atoms with Crippen molar-refractivity contribution in [2.75, 3.05) is 0 Å². The third-order valence-electron chi connectivity index (χ3n) is 9.96. The zero-order valence-corrected chi connectivity index (χ0v) is 25.6. The summed E-state index contributed by atoms with van der Waals surface area (Å²) in [5, 5.41) is 13.4. The maximum Gasteiger partial charge on any atom is -0.00261 e. The minimum absolute atomic E-state index is 1.08. The highest BCUT2D eigenvalue weighted by Gasteiger charge is 2.18. The predicted octanol–water partition coefficient (Wildman–Crippen LogP) is 9.17. The average molecular weight is 575 g/mol. The Morgan fingerprint density at radius 1 is 0.400 bits per heavy atom. The molecule has 2 aliphatic rings. The largest absolute Gasteiger partial charge is 0.0763 e. The summed E-state index contributed by atoms with van der Waals surface area (Å²) in [6, 6.07) is 43.4. The normalized spacial score (nSPS) is 13.8. The Bertz CT molecular complexity index is 2520. The Morgan fingerprint density at radius 3 is 1.67 bits per heavy atom. The Balaban J connectivity index is 1.34. The number of benzene rings is 7. The Kier molecular flexibility index (Phi) is 6.10. The van der Waals surface area contributed by atoms with Gasteiger partial charge in [-0.3, -0.25) is 0 Å². The highest BCUT2D eigenvalue weighted by Crippen LogP contribution is 2.44. The van der Waals surface area contributed by atoms with Crippen LogP contribution in [0.5, 0.6) is 0 Å². The van der Waals surface area contributed by atoms with Crippen LogP contribution in [0, 0.1) is 6.92 Å². The Morgan fingerprint density at radius 2 is 0.978 bits per heavy atom. The third kappa shape index (κ3) is 4.20. The number of hydrogen-bond acceptors (Lipinski definition) is 0. The molecule has 0 saturated heterocycles. The van der Waals surface area contributed by atoms with Crippen LogP contribution in [0.3, 0.4) is 0 Å². The van der Waals surface area contributed by atoms with Crippen LogP contribution in [0.25, 0.3) is 90.0 Å². The third-order valence-corrected chi connectivity index (χ3v) is 9.96. The van der Waals surface area contributed by atoms with Crippen LogP contribution in [0.4, 0.5) is 0 Å². The number of fused-ring (bicyclic) bond motifs is 6. The maximum absolute atomic E-state index is 2.48. The molecule has 0 atom stereocenters. The fourth-order valence-corrected chi connectivity index (χ4v) is 7.87. The van der Waals surface area contributed by atoms with E-state index in [0.717, 1.165) is 25.7 Å². The van der Waals surface area contributed by atoms with Crippen LogP contribution in [-0.4, -0.2) is 0 Å². The zero-order valence-electron chi connectivity index (χ0n) is 25.6. The molecule has 0 nitrogen and oxygen atoms in total. The molecule has 0 spiro atoms. The molecule has 0 heterocycles. The summed E-state index contributed by atoms with van der Waals surface area (Å²) in [6.07, 6.45) is 14.2. The first-order valence-electron chi connectivity index (χ1n) is 16.3. The molecule has 0 bridgehead atoms. The van der Waals surface area contributed by atoms with E-state index in [0.29, 0.717) is 0 Å². The van der Waals surface area contributed by atoms with E-state index in [2.05, 4.69) is 146 Å². The van der Waals surface area contributed by atoms with E-state index in [-0.39, 0.29) is 0 Å². The first-order valence-corrected chi connectivity index (χ1v) is 16.3. The van der Waals surface area contributed by atoms with Gasteiger partial charge in [0.1, 0.15) is 0 Å².